The van der Waals surface area contributed by atoms with Gasteiger partial charge in [-0.3, -0.25) is 9.59 Å². The van der Waals surface area contributed by atoms with Crippen LogP contribution in [0.1, 0.15) is 56.3 Å². The Bertz CT molecular complexity index is 733. The first-order valence-corrected chi connectivity index (χ1v) is 8.56. The maximum atomic E-state index is 13.2. The maximum absolute atomic E-state index is 13.2. The summed E-state index contributed by atoms with van der Waals surface area (Å²) in [4.78, 5) is 24.6. The van der Waals surface area contributed by atoms with Crippen LogP contribution in [-0.4, -0.2) is 17.9 Å². The van der Waals surface area contributed by atoms with Gasteiger partial charge in [-0.25, -0.2) is 4.39 Å². The molecule has 0 saturated carbocycles. The number of hydrogen-bond acceptors (Lipinski definition) is 3. The number of carbonyl (C=O) groups excluding carboxylic acids is 2. The first kappa shape index (κ1) is 19.7. The molecule has 26 heavy (non-hydrogen) atoms. The number of amides is 2. The molecule has 6 heteroatoms. The van der Waals surface area contributed by atoms with Crippen LogP contribution in [0.4, 0.5) is 4.39 Å². The van der Waals surface area contributed by atoms with Crippen LogP contribution in [0.2, 0.25) is 0 Å². The highest BCUT2D eigenvalue weighted by Crippen LogP contribution is 2.29. The van der Waals surface area contributed by atoms with E-state index in [-0.39, 0.29) is 28.9 Å². The van der Waals surface area contributed by atoms with E-state index in [2.05, 4.69) is 31.4 Å². The summed E-state index contributed by atoms with van der Waals surface area (Å²) in [7, 11) is 0. The first-order valence-electron chi connectivity index (χ1n) is 8.56. The van der Waals surface area contributed by atoms with Crippen LogP contribution in [-0.2, 0) is 4.79 Å². The van der Waals surface area contributed by atoms with Gasteiger partial charge < -0.3 is 15.1 Å². The van der Waals surface area contributed by atoms with E-state index in [1.807, 2.05) is 0 Å². The molecule has 2 atom stereocenters. The molecule has 0 bridgehead atoms. The van der Waals surface area contributed by atoms with Crippen molar-refractivity contribution in [2.24, 2.45) is 5.41 Å². The Morgan fingerprint density at radius 2 is 1.77 bits per heavy atom. The minimum Gasteiger partial charge on any atom is -0.459 e. The van der Waals surface area contributed by atoms with Crippen LogP contribution in [0.25, 0.3) is 0 Å². The van der Waals surface area contributed by atoms with Crippen molar-refractivity contribution < 1.29 is 18.4 Å². The molecule has 0 fully saturated rings. The summed E-state index contributed by atoms with van der Waals surface area (Å²) in [5.74, 6) is -0.946. The summed E-state index contributed by atoms with van der Waals surface area (Å²) in [6.07, 6.45) is 2.07. The van der Waals surface area contributed by atoms with Gasteiger partial charge in [0.1, 0.15) is 11.9 Å². The number of hydrogen-bond donors (Lipinski definition) is 2. The molecule has 2 aromatic rings. The summed E-state index contributed by atoms with van der Waals surface area (Å²) in [5.41, 5.74) is 0.770. The van der Waals surface area contributed by atoms with Gasteiger partial charge in [0, 0.05) is 0 Å². The molecule has 0 aliphatic carbocycles. The average Bonchev–Trinajstić information content (AvgIpc) is 3.08. The lowest BCUT2D eigenvalue weighted by Crippen LogP contribution is -2.46. The van der Waals surface area contributed by atoms with Gasteiger partial charge in [-0.2, -0.15) is 0 Å². The predicted molar refractivity (Wildman–Crippen MR) is 97.0 cm³/mol. The monoisotopic (exact) mass is 360 g/mol. The number of carbonyl (C=O) groups is 2. The molecule has 140 valence electrons. The van der Waals surface area contributed by atoms with Crippen molar-refractivity contribution in [2.75, 3.05) is 0 Å². The fourth-order valence-corrected chi connectivity index (χ4v) is 2.60. The maximum Gasteiger partial charge on any atom is 0.287 e. The summed E-state index contributed by atoms with van der Waals surface area (Å²) < 4.78 is 18.2. The molecule has 1 aromatic carbocycles. The summed E-state index contributed by atoms with van der Waals surface area (Å²) in [6, 6.07) is 8.19. The largest absolute Gasteiger partial charge is 0.459 e. The molecular formula is C20H25FN2O3. The zero-order chi connectivity index (χ0) is 19.3. The number of nitrogens with one attached hydrogen (secondary N) is 2. The van der Waals surface area contributed by atoms with Crippen molar-refractivity contribution >= 4 is 11.8 Å². The van der Waals surface area contributed by atoms with Gasteiger partial charge in [0.15, 0.2) is 5.76 Å². The zero-order valence-corrected chi connectivity index (χ0v) is 15.5. The normalized spacial score (nSPS) is 13.7. The molecule has 2 amide bonds. The van der Waals surface area contributed by atoms with Gasteiger partial charge in [0.05, 0.1) is 12.3 Å². The van der Waals surface area contributed by atoms with Crippen LogP contribution >= 0.6 is 0 Å². The Balaban J connectivity index is 2.07. The lowest BCUT2D eigenvalue weighted by molar-refractivity contribution is -0.123. The van der Waals surface area contributed by atoms with Crippen LogP contribution in [0.5, 0.6) is 0 Å². The molecule has 0 aliphatic rings. The number of halogens is 1. The third kappa shape index (κ3) is 5.72. The van der Waals surface area contributed by atoms with Crippen LogP contribution in [0, 0.1) is 11.2 Å². The minimum atomic E-state index is -0.740. The van der Waals surface area contributed by atoms with Gasteiger partial charge in [0.25, 0.3) is 5.91 Å². The fraction of sp³-hybridized carbons (Fsp3) is 0.400. The Morgan fingerprint density at radius 3 is 2.31 bits per heavy atom. The smallest absolute Gasteiger partial charge is 0.287 e. The van der Waals surface area contributed by atoms with Crippen molar-refractivity contribution in [3.8, 4) is 0 Å². The van der Waals surface area contributed by atoms with Crippen molar-refractivity contribution in [1.82, 2.24) is 10.6 Å². The quantitative estimate of drug-likeness (QED) is 0.822. The van der Waals surface area contributed by atoms with E-state index in [1.165, 1.54) is 24.5 Å². The summed E-state index contributed by atoms with van der Waals surface area (Å²) >= 11 is 0. The van der Waals surface area contributed by atoms with Crippen LogP contribution < -0.4 is 10.6 Å². The standard InChI is InChI=1S/C20H25FN2O3/c1-13(22-19(25)17-6-5-11-26-17)18(24)23-16(12-20(2,3)4)14-7-9-15(21)10-8-14/h5-11,13,16H,12H2,1-4H3,(H,22,25)(H,23,24)/t13-,16+/m1/s1. The second kappa shape index (κ2) is 8.17. The summed E-state index contributed by atoms with van der Waals surface area (Å²) in [6.45, 7) is 7.81. The van der Waals surface area contributed by atoms with E-state index in [0.717, 1.165) is 5.56 Å². The van der Waals surface area contributed by atoms with E-state index in [4.69, 9.17) is 4.42 Å². The molecule has 1 aromatic heterocycles. The Labute approximate surface area is 153 Å². The Morgan fingerprint density at radius 1 is 1.12 bits per heavy atom. The zero-order valence-electron chi connectivity index (χ0n) is 15.5. The molecule has 0 unspecified atom stereocenters. The molecule has 5 nitrogen and oxygen atoms in total. The molecule has 0 spiro atoms. The molecular weight excluding hydrogens is 335 g/mol. The van der Waals surface area contributed by atoms with Crippen LogP contribution in [0.15, 0.2) is 47.1 Å². The first-order chi connectivity index (χ1) is 12.2. The molecule has 0 saturated heterocycles. The predicted octanol–water partition coefficient (Wildman–Crippen LogP) is 3.83. The Hall–Kier alpha value is -2.63. The van der Waals surface area contributed by atoms with Gasteiger partial charge in [-0.1, -0.05) is 32.9 Å². The van der Waals surface area contributed by atoms with Crippen molar-refractivity contribution in [3.63, 3.8) is 0 Å². The molecule has 0 radical (unpaired) electrons. The average molecular weight is 360 g/mol. The molecule has 2 N–H and O–H groups in total. The number of rotatable bonds is 6. The van der Waals surface area contributed by atoms with Gasteiger partial charge in [-0.05, 0) is 48.6 Å². The van der Waals surface area contributed by atoms with E-state index in [0.29, 0.717) is 6.42 Å². The van der Waals surface area contributed by atoms with Gasteiger partial charge in [0.2, 0.25) is 5.91 Å². The lowest BCUT2D eigenvalue weighted by Gasteiger charge is -2.28. The van der Waals surface area contributed by atoms with Gasteiger partial charge in [-0.15, -0.1) is 0 Å². The van der Waals surface area contributed by atoms with Gasteiger partial charge >= 0.3 is 0 Å². The third-order valence-electron chi connectivity index (χ3n) is 3.89. The molecule has 1 heterocycles. The summed E-state index contributed by atoms with van der Waals surface area (Å²) in [5, 5.41) is 5.56. The topological polar surface area (TPSA) is 71.3 Å². The highest BCUT2D eigenvalue weighted by atomic mass is 19.1. The molecule has 2 rings (SSSR count). The fourth-order valence-electron chi connectivity index (χ4n) is 2.60. The van der Waals surface area contributed by atoms with E-state index in [1.54, 1.807) is 25.1 Å². The van der Waals surface area contributed by atoms with E-state index >= 15 is 0 Å². The minimum absolute atomic E-state index is 0.0486. The molecule has 0 aliphatic heterocycles. The van der Waals surface area contributed by atoms with E-state index in [9.17, 15) is 14.0 Å². The van der Waals surface area contributed by atoms with Crippen molar-refractivity contribution in [1.29, 1.82) is 0 Å². The highest BCUT2D eigenvalue weighted by Gasteiger charge is 2.25. The second-order valence-electron chi connectivity index (χ2n) is 7.55. The van der Waals surface area contributed by atoms with Crippen molar-refractivity contribution in [3.05, 3.63) is 59.8 Å². The van der Waals surface area contributed by atoms with Crippen molar-refractivity contribution in [2.45, 2.75) is 46.2 Å². The number of furan rings is 1. The number of benzene rings is 1. The lowest BCUT2D eigenvalue weighted by atomic mass is 9.85. The highest BCUT2D eigenvalue weighted by molar-refractivity contribution is 5.95. The SMILES string of the molecule is C[C@@H](NC(=O)c1ccco1)C(=O)N[C@@H](CC(C)(C)C)c1ccc(F)cc1. The van der Waals surface area contributed by atoms with Crippen LogP contribution in [0.3, 0.4) is 0 Å². The third-order valence-corrected chi connectivity index (χ3v) is 3.89. The van der Waals surface area contributed by atoms with E-state index < -0.39 is 11.9 Å². The Kier molecular flexibility index (Phi) is 6.18. The second-order valence-corrected chi connectivity index (χ2v) is 7.55.